The van der Waals surface area contributed by atoms with Crippen LogP contribution in [0.25, 0.3) is 33.5 Å². The highest BCUT2D eigenvalue weighted by molar-refractivity contribution is 5.86. The van der Waals surface area contributed by atoms with Gasteiger partial charge in [0.1, 0.15) is 6.61 Å². The minimum atomic E-state index is 0.602. The van der Waals surface area contributed by atoms with Gasteiger partial charge < -0.3 is 10.1 Å². The zero-order chi connectivity index (χ0) is 17.5. The molecule has 5 rings (SSSR count). The predicted octanol–water partition coefficient (Wildman–Crippen LogP) is 3.19. The maximum Gasteiger partial charge on any atom is 0.170 e. The molecule has 0 bridgehead atoms. The van der Waals surface area contributed by atoms with Gasteiger partial charge in [-0.25, -0.2) is 9.97 Å². The smallest absolute Gasteiger partial charge is 0.170 e. The Morgan fingerprint density at radius 3 is 2.96 bits per heavy atom. The first-order valence-electron chi connectivity index (χ1n) is 8.43. The molecule has 1 aliphatic rings. The number of ether oxygens (including phenoxy) is 1. The number of nitrogens with zero attached hydrogens (tertiary/aromatic N) is 4. The van der Waals surface area contributed by atoms with Crippen LogP contribution < -0.4 is 10.1 Å². The second kappa shape index (κ2) is 5.80. The molecule has 5 heterocycles. The average molecular weight is 344 g/mol. The number of pyridine rings is 3. The van der Waals surface area contributed by atoms with Crippen molar-refractivity contribution in [2.75, 3.05) is 18.5 Å². The van der Waals surface area contributed by atoms with Crippen molar-refractivity contribution in [2.24, 2.45) is 0 Å². The fraction of sp³-hybridized carbons (Fsp3) is 0.158. The van der Waals surface area contributed by atoms with Crippen molar-refractivity contribution in [3.8, 4) is 28.3 Å². The zero-order valence-electron chi connectivity index (χ0n) is 14.2. The van der Waals surface area contributed by atoms with E-state index in [1.54, 1.807) is 6.20 Å². The van der Waals surface area contributed by atoms with E-state index >= 15 is 0 Å². The molecular formula is C19H16N6O. The lowest BCUT2D eigenvalue weighted by Crippen LogP contribution is -2.20. The van der Waals surface area contributed by atoms with E-state index in [4.69, 9.17) is 9.72 Å². The molecular weight excluding hydrogens is 328 g/mol. The van der Waals surface area contributed by atoms with Crippen LogP contribution in [0.3, 0.4) is 0 Å². The lowest BCUT2D eigenvalue weighted by Gasteiger charge is -2.22. The number of aromatic amines is 1. The highest BCUT2D eigenvalue weighted by atomic mass is 16.5. The van der Waals surface area contributed by atoms with Gasteiger partial charge in [0.25, 0.3) is 0 Å². The minimum Gasteiger partial charge on any atom is -0.487 e. The van der Waals surface area contributed by atoms with Gasteiger partial charge in [-0.05, 0) is 31.2 Å². The molecule has 0 fully saturated rings. The van der Waals surface area contributed by atoms with Crippen molar-refractivity contribution >= 4 is 16.9 Å². The lowest BCUT2D eigenvalue weighted by molar-refractivity contribution is 0.323. The second-order valence-electron chi connectivity index (χ2n) is 6.20. The molecule has 2 N–H and O–H groups in total. The minimum absolute atomic E-state index is 0.602. The molecule has 0 unspecified atom stereocenters. The summed E-state index contributed by atoms with van der Waals surface area (Å²) in [5.74, 6) is 1.48. The first-order valence-corrected chi connectivity index (χ1v) is 8.43. The normalized spacial score (nSPS) is 13.1. The van der Waals surface area contributed by atoms with Gasteiger partial charge in [0.2, 0.25) is 0 Å². The Labute approximate surface area is 149 Å². The van der Waals surface area contributed by atoms with E-state index in [0.29, 0.717) is 6.61 Å². The number of rotatable bonds is 2. The monoisotopic (exact) mass is 344 g/mol. The SMILES string of the molecule is Cc1cccc(-c2cc(-c3cnc4[nH]ncc4c3)c3c(n2)NCCO3)n1. The fourth-order valence-electron chi connectivity index (χ4n) is 3.14. The van der Waals surface area contributed by atoms with E-state index in [1.807, 2.05) is 43.5 Å². The zero-order valence-corrected chi connectivity index (χ0v) is 14.2. The number of anilines is 1. The van der Waals surface area contributed by atoms with Gasteiger partial charge in [-0.2, -0.15) is 5.10 Å². The molecule has 0 saturated carbocycles. The van der Waals surface area contributed by atoms with Crippen LogP contribution in [-0.2, 0) is 0 Å². The summed E-state index contributed by atoms with van der Waals surface area (Å²) in [6.45, 7) is 3.30. The largest absolute Gasteiger partial charge is 0.487 e. The van der Waals surface area contributed by atoms with Gasteiger partial charge in [0.05, 0.1) is 24.1 Å². The molecule has 128 valence electrons. The third-order valence-electron chi connectivity index (χ3n) is 4.37. The molecule has 0 radical (unpaired) electrons. The van der Waals surface area contributed by atoms with Crippen LogP contribution in [0, 0.1) is 6.92 Å². The predicted molar refractivity (Wildman–Crippen MR) is 99.1 cm³/mol. The summed E-state index contributed by atoms with van der Waals surface area (Å²) in [6.07, 6.45) is 3.59. The van der Waals surface area contributed by atoms with Crippen LogP contribution in [-0.4, -0.2) is 38.3 Å². The fourth-order valence-corrected chi connectivity index (χ4v) is 3.14. The Hall–Kier alpha value is -3.48. The molecule has 0 spiro atoms. The quantitative estimate of drug-likeness (QED) is 0.580. The van der Waals surface area contributed by atoms with Crippen molar-refractivity contribution in [3.05, 3.63) is 48.4 Å². The van der Waals surface area contributed by atoms with E-state index in [9.17, 15) is 0 Å². The average Bonchev–Trinajstić information content (AvgIpc) is 3.15. The first-order chi connectivity index (χ1) is 12.8. The standard InChI is InChI=1S/C19H16N6O/c1-11-3-2-4-15(23-11)16-8-14(17-19(24-16)20-5-6-26-17)12-7-13-10-22-25-18(13)21-9-12/h2-4,7-10H,5-6H2,1H3,(H,20,24)(H,21,22,25). The Morgan fingerprint density at radius 1 is 1.08 bits per heavy atom. The highest BCUT2D eigenvalue weighted by Gasteiger charge is 2.20. The molecule has 7 heteroatoms. The highest BCUT2D eigenvalue weighted by Crippen LogP contribution is 2.39. The Kier molecular flexibility index (Phi) is 3.31. The van der Waals surface area contributed by atoms with Crippen LogP contribution >= 0.6 is 0 Å². The molecule has 0 amide bonds. The van der Waals surface area contributed by atoms with Gasteiger partial charge in [0, 0.05) is 28.4 Å². The Bertz CT molecular complexity index is 1120. The number of nitrogens with one attached hydrogen (secondary N) is 2. The van der Waals surface area contributed by atoms with E-state index in [1.165, 1.54) is 0 Å². The van der Waals surface area contributed by atoms with E-state index in [0.717, 1.165) is 57.4 Å². The molecule has 0 saturated heterocycles. The van der Waals surface area contributed by atoms with Crippen molar-refractivity contribution < 1.29 is 4.74 Å². The Balaban J connectivity index is 1.73. The maximum atomic E-state index is 5.92. The number of fused-ring (bicyclic) bond motifs is 2. The Morgan fingerprint density at radius 2 is 2.04 bits per heavy atom. The summed E-state index contributed by atoms with van der Waals surface area (Å²) >= 11 is 0. The number of hydrogen-bond donors (Lipinski definition) is 2. The molecule has 4 aromatic heterocycles. The topological polar surface area (TPSA) is 88.6 Å². The van der Waals surface area contributed by atoms with Crippen molar-refractivity contribution in [2.45, 2.75) is 6.92 Å². The molecule has 7 nitrogen and oxygen atoms in total. The third-order valence-corrected chi connectivity index (χ3v) is 4.37. The van der Waals surface area contributed by atoms with Crippen LogP contribution in [0.1, 0.15) is 5.69 Å². The van der Waals surface area contributed by atoms with Gasteiger partial charge in [-0.15, -0.1) is 0 Å². The molecule has 1 aliphatic heterocycles. The summed E-state index contributed by atoms with van der Waals surface area (Å²) in [6, 6.07) is 9.98. The second-order valence-corrected chi connectivity index (χ2v) is 6.20. The van der Waals surface area contributed by atoms with Crippen LogP contribution in [0.4, 0.5) is 5.82 Å². The number of aryl methyl sites for hydroxylation is 1. The van der Waals surface area contributed by atoms with E-state index in [2.05, 4.69) is 25.5 Å². The molecule has 0 aromatic carbocycles. The van der Waals surface area contributed by atoms with Gasteiger partial charge >= 0.3 is 0 Å². The van der Waals surface area contributed by atoms with Crippen molar-refractivity contribution in [1.82, 2.24) is 25.1 Å². The summed E-state index contributed by atoms with van der Waals surface area (Å²) in [5, 5.41) is 11.2. The summed E-state index contributed by atoms with van der Waals surface area (Å²) in [4.78, 5) is 13.8. The summed E-state index contributed by atoms with van der Waals surface area (Å²) in [7, 11) is 0. The lowest BCUT2D eigenvalue weighted by atomic mass is 10.0. The number of aromatic nitrogens is 5. The first kappa shape index (κ1) is 14.8. The molecule has 0 atom stereocenters. The molecule has 4 aromatic rings. The summed E-state index contributed by atoms with van der Waals surface area (Å²) in [5.41, 5.74) is 5.24. The van der Waals surface area contributed by atoms with Crippen molar-refractivity contribution in [3.63, 3.8) is 0 Å². The molecule has 26 heavy (non-hydrogen) atoms. The van der Waals surface area contributed by atoms with E-state index < -0.39 is 0 Å². The summed E-state index contributed by atoms with van der Waals surface area (Å²) < 4.78 is 5.92. The van der Waals surface area contributed by atoms with Crippen LogP contribution in [0.15, 0.2) is 42.7 Å². The van der Waals surface area contributed by atoms with E-state index in [-0.39, 0.29) is 0 Å². The maximum absolute atomic E-state index is 5.92. The van der Waals surface area contributed by atoms with Gasteiger partial charge in [-0.3, -0.25) is 10.1 Å². The van der Waals surface area contributed by atoms with Gasteiger partial charge in [-0.1, -0.05) is 6.07 Å². The third kappa shape index (κ3) is 2.45. The number of hydrogen-bond acceptors (Lipinski definition) is 6. The van der Waals surface area contributed by atoms with Crippen LogP contribution in [0.5, 0.6) is 5.75 Å². The van der Waals surface area contributed by atoms with Crippen LogP contribution in [0.2, 0.25) is 0 Å². The van der Waals surface area contributed by atoms with Crippen molar-refractivity contribution in [1.29, 1.82) is 0 Å². The van der Waals surface area contributed by atoms with Gasteiger partial charge in [0.15, 0.2) is 17.2 Å². The molecule has 0 aliphatic carbocycles. The number of H-pyrrole nitrogens is 1.